The molecule has 216 valence electrons. The quantitative estimate of drug-likeness (QED) is 0.210. The number of ether oxygens (including phenoxy) is 1. The molecule has 0 spiro atoms. The van der Waals surface area contributed by atoms with Gasteiger partial charge in [-0.1, -0.05) is 18.2 Å². The maximum Gasteiger partial charge on any atom is 0.270 e. The number of hydrogen-bond donors (Lipinski definition) is 4. The number of allylic oxidation sites excluding steroid dienone is 4. The van der Waals surface area contributed by atoms with Gasteiger partial charge in [-0.15, -0.1) is 0 Å². The standard InChI is InChI=1S/C32H31N3O7/c1-15-27(38)25(17(3)36)29-26(28(15)39)32(4)23(42-29)14-22(37)24(30(32)40)16(2)33-19-9-11-35(12-10-19)31(41)21-13-18-7-5-6-8-20(18)34-21/h5-8,13-14,19,33-34,38-39H,9-12H2,1-4H3. The molecule has 2 aromatic carbocycles. The lowest BCUT2D eigenvalue weighted by atomic mass is 9.70. The number of Topliss-reactive ketones (excluding diaryl/α,β-unsaturated/α-hetero) is 2. The summed E-state index contributed by atoms with van der Waals surface area (Å²) in [5.41, 5.74) is 0.148. The van der Waals surface area contributed by atoms with E-state index in [0.717, 1.165) is 10.9 Å². The number of phenols is 2. The Kier molecular flexibility index (Phi) is 6.25. The van der Waals surface area contributed by atoms with E-state index >= 15 is 0 Å². The van der Waals surface area contributed by atoms with Gasteiger partial charge in [0.2, 0.25) is 0 Å². The Hall–Kier alpha value is -4.86. The molecule has 3 aliphatic rings. The molecule has 0 bridgehead atoms. The van der Waals surface area contributed by atoms with E-state index in [1.807, 2.05) is 30.3 Å². The molecule has 2 aliphatic heterocycles. The number of piperidine rings is 1. The zero-order valence-corrected chi connectivity index (χ0v) is 23.8. The van der Waals surface area contributed by atoms with Crippen molar-refractivity contribution >= 4 is 34.2 Å². The van der Waals surface area contributed by atoms with E-state index in [-0.39, 0.29) is 51.5 Å². The molecule has 4 N–H and O–H groups in total. The molecule has 3 heterocycles. The maximum atomic E-state index is 14.0. The lowest BCUT2D eigenvalue weighted by Gasteiger charge is -2.34. The fourth-order valence-corrected chi connectivity index (χ4v) is 6.33. The highest BCUT2D eigenvalue weighted by Gasteiger charge is 2.56. The molecule has 1 aromatic heterocycles. The molecular weight excluding hydrogens is 538 g/mol. The number of likely N-dealkylation sites (tertiary alicyclic amines) is 1. The van der Waals surface area contributed by atoms with E-state index < -0.39 is 28.5 Å². The zero-order valence-electron chi connectivity index (χ0n) is 23.8. The number of amides is 1. The van der Waals surface area contributed by atoms with Crippen LogP contribution in [0.1, 0.15) is 65.6 Å². The lowest BCUT2D eigenvalue weighted by molar-refractivity contribution is -0.123. The SMILES string of the molecule is CC(=O)c1c(O)c(C)c(O)c2c1OC1=CC(=O)C(=C(C)NC3CCN(C(=O)c4cc5ccccc5[nH]4)CC3)C(=O)C12C. The van der Waals surface area contributed by atoms with Crippen LogP contribution in [0.25, 0.3) is 10.9 Å². The van der Waals surface area contributed by atoms with Crippen LogP contribution < -0.4 is 10.1 Å². The topological polar surface area (TPSA) is 149 Å². The second-order valence-corrected chi connectivity index (χ2v) is 11.4. The van der Waals surface area contributed by atoms with Gasteiger partial charge in [0.05, 0.1) is 11.1 Å². The first kappa shape index (κ1) is 27.3. The number of carbonyl (C=O) groups excluding carboxylic acids is 4. The lowest BCUT2D eigenvalue weighted by Crippen LogP contribution is -2.46. The molecule has 42 heavy (non-hydrogen) atoms. The minimum absolute atomic E-state index is 0.00403. The predicted molar refractivity (Wildman–Crippen MR) is 154 cm³/mol. The van der Waals surface area contributed by atoms with Crippen molar-refractivity contribution in [2.45, 2.75) is 52.0 Å². The van der Waals surface area contributed by atoms with E-state index in [9.17, 15) is 29.4 Å². The number of aromatic amines is 1. The molecule has 3 aromatic rings. The molecule has 1 saturated heterocycles. The summed E-state index contributed by atoms with van der Waals surface area (Å²) in [4.78, 5) is 57.7. The van der Waals surface area contributed by atoms with Crippen LogP contribution in [0.4, 0.5) is 0 Å². The third-order valence-corrected chi connectivity index (χ3v) is 8.72. The largest absolute Gasteiger partial charge is 0.507 e. The van der Waals surface area contributed by atoms with Gasteiger partial charge in [-0.2, -0.15) is 0 Å². The number of rotatable bonds is 4. The van der Waals surface area contributed by atoms with Gasteiger partial charge in [0.15, 0.2) is 17.3 Å². The van der Waals surface area contributed by atoms with Crippen LogP contribution >= 0.6 is 0 Å². The minimum Gasteiger partial charge on any atom is -0.507 e. The Balaban J connectivity index is 1.24. The third-order valence-electron chi connectivity index (χ3n) is 8.72. The van der Waals surface area contributed by atoms with E-state index in [1.54, 1.807) is 18.7 Å². The van der Waals surface area contributed by atoms with Crippen molar-refractivity contribution < 1.29 is 34.1 Å². The van der Waals surface area contributed by atoms with Crippen molar-refractivity contribution in [3.8, 4) is 17.2 Å². The smallest absolute Gasteiger partial charge is 0.270 e. The van der Waals surface area contributed by atoms with Gasteiger partial charge in [-0.05, 0) is 52.7 Å². The van der Waals surface area contributed by atoms with Crippen LogP contribution in [-0.2, 0) is 15.0 Å². The van der Waals surface area contributed by atoms with Crippen molar-refractivity contribution in [1.82, 2.24) is 15.2 Å². The van der Waals surface area contributed by atoms with E-state index in [1.165, 1.54) is 19.9 Å². The Morgan fingerprint density at radius 2 is 1.79 bits per heavy atom. The van der Waals surface area contributed by atoms with E-state index in [0.29, 0.717) is 37.3 Å². The minimum atomic E-state index is -1.57. The molecule has 1 atom stereocenters. The van der Waals surface area contributed by atoms with Crippen LogP contribution in [-0.4, -0.2) is 62.5 Å². The summed E-state index contributed by atoms with van der Waals surface area (Å²) in [5, 5.41) is 25.8. The van der Waals surface area contributed by atoms with Crippen molar-refractivity contribution in [3.05, 3.63) is 75.8 Å². The van der Waals surface area contributed by atoms with Crippen LogP contribution in [0.2, 0.25) is 0 Å². The number of nitrogens with one attached hydrogen (secondary N) is 2. The number of para-hydroxylation sites is 1. The Labute approximate surface area is 241 Å². The molecular formula is C32H31N3O7. The molecule has 1 amide bonds. The Morgan fingerprint density at radius 3 is 2.45 bits per heavy atom. The Morgan fingerprint density at radius 1 is 1.10 bits per heavy atom. The summed E-state index contributed by atoms with van der Waals surface area (Å²) in [5.74, 6) is -2.61. The summed E-state index contributed by atoms with van der Waals surface area (Å²) >= 11 is 0. The average molecular weight is 570 g/mol. The highest BCUT2D eigenvalue weighted by molar-refractivity contribution is 6.31. The summed E-state index contributed by atoms with van der Waals surface area (Å²) in [7, 11) is 0. The van der Waals surface area contributed by atoms with Crippen LogP contribution in [0.15, 0.2) is 53.4 Å². The van der Waals surface area contributed by atoms with E-state index in [4.69, 9.17) is 4.74 Å². The molecule has 0 radical (unpaired) electrons. The second kappa shape index (κ2) is 9.61. The highest BCUT2D eigenvalue weighted by Crippen LogP contribution is 2.57. The predicted octanol–water partition coefficient (Wildman–Crippen LogP) is 3.94. The maximum absolute atomic E-state index is 14.0. The van der Waals surface area contributed by atoms with Crippen LogP contribution in [0.3, 0.4) is 0 Å². The fourth-order valence-electron chi connectivity index (χ4n) is 6.33. The molecule has 0 saturated carbocycles. The van der Waals surface area contributed by atoms with Crippen molar-refractivity contribution in [2.24, 2.45) is 0 Å². The van der Waals surface area contributed by atoms with Gasteiger partial charge < -0.3 is 30.2 Å². The van der Waals surface area contributed by atoms with Crippen LogP contribution in [0, 0.1) is 6.92 Å². The molecule has 1 unspecified atom stereocenters. The molecule has 10 heteroatoms. The van der Waals surface area contributed by atoms with Crippen molar-refractivity contribution in [3.63, 3.8) is 0 Å². The number of nitrogens with zero attached hydrogens (tertiary/aromatic N) is 1. The van der Waals surface area contributed by atoms with Crippen LogP contribution in [0.5, 0.6) is 17.2 Å². The van der Waals surface area contributed by atoms with Gasteiger partial charge in [-0.25, -0.2) is 0 Å². The number of ketones is 3. The highest BCUT2D eigenvalue weighted by atomic mass is 16.5. The first-order valence-electron chi connectivity index (χ1n) is 13.9. The summed E-state index contributed by atoms with van der Waals surface area (Å²) in [6.45, 7) is 6.91. The normalized spacial score (nSPS) is 21.5. The number of H-pyrrole nitrogens is 1. The number of benzene rings is 2. The number of carbonyl (C=O) groups is 4. The molecule has 10 nitrogen and oxygen atoms in total. The zero-order chi connectivity index (χ0) is 30.1. The van der Waals surface area contributed by atoms with Crippen molar-refractivity contribution in [2.75, 3.05) is 13.1 Å². The van der Waals surface area contributed by atoms with Gasteiger partial charge in [-0.3, -0.25) is 19.2 Å². The van der Waals surface area contributed by atoms with Gasteiger partial charge in [0.25, 0.3) is 5.91 Å². The first-order valence-corrected chi connectivity index (χ1v) is 13.9. The van der Waals surface area contributed by atoms with E-state index in [2.05, 4.69) is 10.3 Å². The van der Waals surface area contributed by atoms with Gasteiger partial charge in [0, 0.05) is 47.4 Å². The van der Waals surface area contributed by atoms with Gasteiger partial charge in [0.1, 0.15) is 39.7 Å². The summed E-state index contributed by atoms with van der Waals surface area (Å²) < 4.78 is 5.83. The Bertz CT molecular complexity index is 1760. The number of phenolic OH excluding ortho intramolecular Hbond substituents is 2. The number of aromatic hydroxyl groups is 2. The monoisotopic (exact) mass is 569 g/mol. The summed E-state index contributed by atoms with van der Waals surface area (Å²) in [6, 6.07) is 9.49. The molecule has 1 aliphatic carbocycles. The average Bonchev–Trinajstić information content (AvgIpc) is 3.51. The third kappa shape index (κ3) is 3.93. The molecule has 1 fully saturated rings. The molecule has 6 rings (SSSR count). The van der Waals surface area contributed by atoms with Crippen molar-refractivity contribution in [1.29, 1.82) is 0 Å². The van der Waals surface area contributed by atoms with Gasteiger partial charge >= 0.3 is 0 Å². The summed E-state index contributed by atoms with van der Waals surface area (Å²) in [6.07, 6.45) is 2.44. The second-order valence-electron chi connectivity index (χ2n) is 11.4. The fraction of sp³-hybridized carbons (Fsp3) is 0.312. The number of aromatic nitrogens is 1. The number of fused-ring (bicyclic) bond motifs is 4. The first-order chi connectivity index (χ1) is 19.9. The number of hydrogen-bond acceptors (Lipinski definition) is 8.